The lowest BCUT2D eigenvalue weighted by Gasteiger charge is -2.17. The van der Waals surface area contributed by atoms with Crippen LogP contribution in [0, 0.1) is 0 Å². The third-order valence-corrected chi connectivity index (χ3v) is 3.58. The Morgan fingerprint density at radius 1 is 1.22 bits per heavy atom. The second kappa shape index (κ2) is 10.2. The molecule has 1 amide bonds. The van der Waals surface area contributed by atoms with E-state index in [1.54, 1.807) is 7.11 Å². The van der Waals surface area contributed by atoms with Gasteiger partial charge in [0, 0.05) is 19.7 Å². The first kappa shape index (κ1) is 19.5. The highest BCUT2D eigenvalue weighted by Crippen LogP contribution is 2.15. The van der Waals surface area contributed by atoms with Crippen LogP contribution in [0.4, 0.5) is 0 Å². The maximum atomic E-state index is 11.9. The SMILES string of the molecule is COC(CN)CC(=O)NC(C)CCc1ccc(OC(C)C)cc1. The van der Waals surface area contributed by atoms with Crippen LogP contribution in [0.15, 0.2) is 24.3 Å². The van der Waals surface area contributed by atoms with Gasteiger partial charge >= 0.3 is 0 Å². The van der Waals surface area contributed by atoms with Crippen molar-refractivity contribution in [3.8, 4) is 5.75 Å². The molecule has 0 saturated heterocycles. The van der Waals surface area contributed by atoms with Crippen LogP contribution < -0.4 is 15.8 Å². The van der Waals surface area contributed by atoms with E-state index < -0.39 is 0 Å². The minimum atomic E-state index is -0.212. The molecule has 1 aromatic rings. The molecule has 0 bridgehead atoms. The second-order valence-electron chi connectivity index (χ2n) is 6.12. The number of carbonyl (C=O) groups excluding carboxylic acids is 1. The highest BCUT2D eigenvalue weighted by molar-refractivity contribution is 5.76. The summed E-state index contributed by atoms with van der Waals surface area (Å²) in [6.45, 7) is 6.38. The van der Waals surface area contributed by atoms with Gasteiger partial charge < -0.3 is 20.5 Å². The summed E-state index contributed by atoms with van der Waals surface area (Å²) in [6, 6.07) is 8.24. The van der Waals surface area contributed by atoms with Crippen LogP contribution in [0.3, 0.4) is 0 Å². The fourth-order valence-electron chi connectivity index (χ4n) is 2.27. The number of ether oxygens (including phenoxy) is 2. The van der Waals surface area contributed by atoms with Gasteiger partial charge in [-0.05, 0) is 51.3 Å². The lowest BCUT2D eigenvalue weighted by molar-refractivity contribution is -0.124. The van der Waals surface area contributed by atoms with E-state index in [1.165, 1.54) is 5.56 Å². The molecule has 0 radical (unpaired) electrons. The maximum absolute atomic E-state index is 11.9. The summed E-state index contributed by atoms with van der Waals surface area (Å²) in [5.74, 6) is 0.868. The zero-order valence-corrected chi connectivity index (χ0v) is 14.7. The zero-order chi connectivity index (χ0) is 17.2. The molecule has 0 aliphatic rings. The summed E-state index contributed by atoms with van der Waals surface area (Å²) in [5.41, 5.74) is 6.76. The number of hydrogen-bond acceptors (Lipinski definition) is 4. The highest BCUT2D eigenvalue weighted by atomic mass is 16.5. The van der Waals surface area contributed by atoms with Gasteiger partial charge in [-0.25, -0.2) is 0 Å². The highest BCUT2D eigenvalue weighted by Gasteiger charge is 2.13. The fraction of sp³-hybridized carbons (Fsp3) is 0.611. The van der Waals surface area contributed by atoms with Crippen molar-refractivity contribution in [1.82, 2.24) is 5.32 Å². The van der Waals surface area contributed by atoms with E-state index in [0.717, 1.165) is 18.6 Å². The van der Waals surface area contributed by atoms with Gasteiger partial charge in [0.25, 0.3) is 0 Å². The molecule has 0 aliphatic carbocycles. The van der Waals surface area contributed by atoms with E-state index in [0.29, 0.717) is 13.0 Å². The van der Waals surface area contributed by atoms with Gasteiger partial charge in [-0.1, -0.05) is 12.1 Å². The van der Waals surface area contributed by atoms with Crippen LogP contribution in [0.2, 0.25) is 0 Å². The van der Waals surface area contributed by atoms with Crippen molar-refractivity contribution >= 4 is 5.91 Å². The predicted molar refractivity (Wildman–Crippen MR) is 92.6 cm³/mol. The van der Waals surface area contributed by atoms with Crippen LogP contribution in [-0.4, -0.2) is 37.8 Å². The normalized spacial score (nSPS) is 13.7. The number of carbonyl (C=O) groups is 1. The molecule has 0 saturated carbocycles. The second-order valence-corrected chi connectivity index (χ2v) is 6.12. The molecule has 5 heteroatoms. The zero-order valence-electron chi connectivity index (χ0n) is 14.7. The average Bonchev–Trinajstić information content (AvgIpc) is 2.51. The molecule has 1 rings (SSSR count). The summed E-state index contributed by atoms with van der Waals surface area (Å²) in [7, 11) is 1.57. The molecule has 130 valence electrons. The number of amides is 1. The van der Waals surface area contributed by atoms with Crippen LogP contribution in [-0.2, 0) is 16.0 Å². The molecule has 2 atom stereocenters. The number of rotatable bonds is 10. The Morgan fingerprint density at radius 2 is 1.87 bits per heavy atom. The molecule has 3 N–H and O–H groups in total. The number of methoxy groups -OCH3 is 1. The topological polar surface area (TPSA) is 73.6 Å². The van der Waals surface area contributed by atoms with Crippen molar-refractivity contribution in [3.05, 3.63) is 29.8 Å². The van der Waals surface area contributed by atoms with Crippen LogP contribution in [0.1, 0.15) is 39.2 Å². The fourth-order valence-corrected chi connectivity index (χ4v) is 2.27. The molecule has 0 aromatic heterocycles. The Kier molecular flexibility index (Phi) is 8.66. The van der Waals surface area contributed by atoms with Crippen LogP contribution >= 0.6 is 0 Å². The van der Waals surface area contributed by atoms with Crippen LogP contribution in [0.25, 0.3) is 0 Å². The summed E-state index contributed by atoms with van der Waals surface area (Å²) >= 11 is 0. The first-order valence-corrected chi connectivity index (χ1v) is 8.22. The third-order valence-electron chi connectivity index (χ3n) is 3.58. The van der Waals surface area contributed by atoms with Gasteiger partial charge in [0.1, 0.15) is 5.75 Å². The quantitative estimate of drug-likeness (QED) is 0.693. The lowest BCUT2D eigenvalue weighted by Crippen LogP contribution is -2.37. The van der Waals surface area contributed by atoms with Gasteiger partial charge in [0.15, 0.2) is 0 Å². The van der Waals surface area contributed by atoms with Gasteiger partial charge in [0.05, 0.1) is 18.6 Å². The molecular formula is C18H30N2O3. The Hall–Kier alpha value is -1.59. The summed E-state index contributed by atoms with van der Waals surface area (Å²) in [4.78, 5) is 11.9. The van der Waals surface area contributed by atoms with E-state index in [1.807, 2.05) is 32.9 Å². The van der Waals surface area contributed by atoms with Crippen molar-refractivity contribution in [2.45, 2.75) is 58.3 Å². The summed E-state index contributed by atoms with van der Waals surface area (Å²) in [5, 5.41) is 2.99. The molecular weight excluding hydrogens is 292 g/mol. The van der Waals surface area contributed by atoms with Gasteiger partial charge in [0.2, 0.25) is 5.91 Å². The van der Waals surface area contributed by atoms with Crippen molar-refractivity contribution in [2.24, 2.45) is 5.73 Å². The molecule has 0 spiro atoms. The molecule has 0 heterocycles. The Balaban J connectivity index is 2.35. The van der Waals surface area contributed by atoms with Crippen molar-refractivity contribution in [2.75, 3.05) is 13.7 Å². The van der Waals surface area contributed by atoms with Crippen LogP contribution in [0.5, 0.6) is 5.75 Å². The number of nitrogens with one attached hydrogen (secondary N) is 1. The first-order valence-electron chi connectivity index (χ1n) is 8.22. The molecule has 2 unspecified atom stereocenters. The predicted octanol–water partition coefficient (Wildman–Crippen LogP) is 2.27. The lowest BCUT2D eigenvalue weighted by atomic mass is 10.1. The van der Waals surface area contributed by atoms with E-state index in [-0.39, 0.29) is 24.2 Å². The van der Waals surface area contributed by atoms with Gasteiger partial charge in [-0.2, -0.15) is 0 Å². The Bertz CT molecular complexity index is 456. The van der Waals surface area contributed by atoms with E-state index in [2.05, 4.69) is 17.4 Å². The van der Waals surface area contributed by atoms with E-state index >= 15 is 0 Å². The Labute approximate surface area is 139 Å². The summed E-state index contributed by atoms with van der Waals surface area (Å²) in [6.07, 6.45) is 2.07. The van der Waals surface area contributed by atoms with Gasteiger partial charge in [-0.3, -0.25) is 4.79 Å². The standard InChI is InChI=1S/C18H30N2O3/c1-13(2)23-16-9-7-15(8-10-16)6-5-14(3)20-18(21)11-17(12-19)22-4/h7-10,13-14,17H,5-6,11-12,19H2,1-4H3,(H,20,21). The average molecular weight is 322 g/mol. The molecule has 0 aliphatic heterocycles. The van der Waals surface area contributed by atoms with Crippen molar-refractivity contribution < 1.29 is 14.3 Å². The van der Waals surface area contributed by atoms with Crippen molar-refractivity contribution in [1.29, 1.82) is 0 Å². The smallest absolute Gasteiger partial charge is 0.222 e. The number of hydrogen-bond donors (Lipinski definition) is 2. The maximum Gasteiger partial charge on any atom is 0.222 e. The number of nitrogens with two attached hydrogens (primary N) is 1. The minimum Gasteiger partial charge on any atom is -0.491 e. The number of benzene rings is 1. The van der Waals surface area contributed by atoms with Crippen molar-refractivity contribution in [3.63, 3.8) is 0 Å². The number of aryl methyl sites for hydroxylation is 1. The molecule has 1 aromatic carbocycles. The largest absolute Gasteiger partial charge is 0.491 e. The third kappa shape index (κ3) is 8.00. The molecule has 5 nitrogen and oxygen atoms in total. The minimum absolute atomic E-state index is 0.0181. The van der Waals surface area contributed by atoms with E-state index in [4.69, 9.17) is 15.2 Å². The van der Waals surface area contributed by atoms with E-state index in [9.17, 15) is 4.79 Å². The monoisotopic (exact) mass is 322 g/mol. The Morgan fingerprint density at radius 3 is 2.39 bits per heavy atom. The molecule has 0 fully saturated rings. The first-order chi connectivity index (χ1) is 10.9. The van der Waals surface area contributed by atoms with Gasteiger partial charge in [-0.15, -0.1) is 0 Å². The summed E-state index contributed by atoms with van der Waals surface area (Å²) < 4.78 is 10.7. The molecule has 23 heavy (non-hydrogen) atoms.